The van der Waals surface area contributed by atoms with Crippen molar-refractivity contribution in [2.24, 2.45) is 5.73 Å². The molecule has 2 aromatic carbocycles. The van der Waals surface area contributed by atoms with E-state index in [0.717, 1.165) is 39.3 Å². The van der Waals surface area contributed by atoms with Crippen LogP contribution < -0.4 is 11.1 Å². The molecule has 2 heterocycles. The van der Waals surface area contributed by atoms with Gasteiger partial charge in [0.2, 0.25) is 0 Å². The number of aromatic nitrogens is 3. The lowest BCUT2D eigenvalue weighted by Crippen LogP contribution is -2.17. The van der Waals surface area contributed by atoms with Gasteiger partial charge < -0.3 is 11.1 Å². The molecule has 0 saturated carbocycles. The van der Waals surface area contributed by atoms with E-state index in [2.05, 4.69) is 28.5 Å². The quantitative estimate of drug-likeness (QED) is 0.483. The first-order valence-corrected chi connectivity index (χ1v) is 10.1. The van der Waals surface area contributed by atoms with Crippen molar-refractivity contribution in [3.63, 3.8) is 0 Å². The van der Waals surface area contributed by atoms with Gasteiger partial charge in [-0.1, -0.05) is 42.5 Å². The van der Waals surface area contributed by atoms with Crippen LogP contribution in [0.1, 0.15) is 32.7 Å². The van der Waals surface area contributed by atoms with E-state index in [4.69, 9.17) is 10.8 Å². The van der Waals surface area contributed by atoms with Crippen LogP contribution in [-0.4, -0.2) is 20.7 Å². The van der Waals surface area contributed by atoms with Crippen LogP contribution in [0.25, 0.3) is 16.9 Å². The lowest BCUT2D eigenvalue weighted by molar-refractivity contribution is 0.1000. The summed E-state index contributed by atoms with van der Waals surface area (Å²) in [6, 6.07) is 20.0. The summed E-state index contributed by atoms with van der Waals surface area (Å²) < 4.78 is 1.86. The zero-order chi connectivity index (χ0) is 22.1. The third-order valence-electron chi connectivity index (χ3n) is 5.21. The summed E-state index contributed by atoms with van der Waals surface area (Å²) in [4.78, 5) is 16.7. The largest absolute Gasteiger partial charge is 0.365 e. The standard InChI is InChI=1S/C25H25N5O/c1-15-10-11-16(2)21(12-15)30-22(14-20(29-30)19-8-6-5-7-9-19)28-25-23(24(26)31)17(3)13-18(4)27-25/h5-14H,1-4H3,(H2,26,31)(H,27,28). The van der Waals surface area contributed by atoms with Crippen molar-refractivity contribution in [2.75, 3.05) is 5.32 Å². The Balaban J connectivity index is 1.91. The van der Waals surface area contributed by atoms with Crippen molar-refractivity contribution in [3.8, 4) is 16.9 Å². The molecule has 6 nitrogen and oxygen atoms in total. The summed E-state index contributed by atoms with van der Waals surface area (Å²) in [6.45, 7) is 7.85. The Hall–Kier alpha value is -3.93. The van der Waals surface area contributed by atoms with E-state index in [9.17, 15) is 4.79 Å². The van der Waals surface area contributed by atoms with E-state index >= 15 is 0 Å². The number of amides is 1. The van der Waals surface area contributed by atoms with Gasteiger partial charge in [-0.05, 0) is 56.5 Å². The molecule has 1 amide bonds. The molecule has 0 atom stereocenters. The maximum absolute atomic E-state index is 12.1. The maximum Gasteiger partial charge on any atom is 0.252 e. The second-order valence-electron chi connectivity index (χ2n) is 7.78. The Labute approximate surface area is 181 Å². The first kappa shape index (κ1) is 20.3. The highest BCUT2D eigenvalue weighted by molar-refractivity contribution is 5.99. The van der Waals surface area contributed by atoms with Gasteiger partial charge in [0.15, 0.2) is 0 Å². The number of carbonyl (C=O) groups excluding carboxylic acids is 1. The van der Waals surface area contributed by atoms with Crippen LogP contribution in [0.3, 0.4) is 0 Å². The molecular formula is C25H25N5O. The lowest BCUT2D eigenvalue weighted by Gasteiger charge is -2.15. The van der Waals surface area contributed by atoms with Crippen LogP contribution in [-0.2, 0) is 0 Å². The number of carbonyl (C=O) groups is 1. The van der Waals surface area contributed by atoms with Crippen molar-refractivity contribution in [3.05, 3.63) is 88.6 Å². The van der Waals surface area contributed by atoms with Gasteiger partial charge in [0.25, 0.3) is 5.91 Å². The third-order valence-corrected chi connectivity index (χ3v) is 5.21. The minimum atomic E-state index is -0.520. The molecule has 0 aliphatic carbocycles. The smallest absolute Gasteiger partial charge is 0.252 e. The van der Waals surface area contributed by atoms with Crippen LogP contribution in [0.5, 0.6) is 0 Å². The van der Waals surface area contributed by atoms with Crippen LogP contribution in [0.4, 0.5) is 11.6 Å². The fourth-order valence-corrected chi connectivity index (χ4v) is 3.71. The normalized spacial score (nSPS) is 10.8. The molecule has 4 aromatic rings. The highest BCUT2D eigenvalue weighted by atomic mass is 16.1. The second-order valence-corrected chi connectivity index (χ2v) is 7.78. The van der Waals surface area contributed by atoms with E-state index in [1.807, 2.05) is 74.8 Å². The molecule has 0 aliphatic rings. The molecule has 31 heavy (non-hydrogen) atoms. The molecule has 0 unspecified atom stereocenters. The Morgan fingerprint density at radius 1 is 0.935 bits per heavy atom. The molecule has 4 rings (SSSR count). The number of nitrogens with one attached hydrogen (secondary N) is 1. The number of nitrogens with two attached hydrogens (primary N) is 1. The third kappa shape index (κ3) is 4.05. The lowest BCUT2D eigenvalue weighted by atomic mass is 10.1. The fourth-order valence-electron chi connectivity index (χ4n) is 3.71. The van der Waals surface area contributed by atoms with Crippen molar-refractivity contribution in [2.45, 2.75) is 27.7 Å². The van der Waals surface area contributed by atoms with Crippen LogP contribution in [0.15, 0.2) is 60.7 Å². The van der Waals surface area contributed by atoms with Crippen LogP contribution in [0.2, 0.25) is 0 Å². The minimum absolute atomic E-state index is 0.376. The monoisotopic (exact) mass is 411 g/mol. The molecular weight excluding hydrogens is 386 g/mol. The molecule has 2 aromatic heterocycles. The number of hydrogen-bond donors (Lipinski definition) is 2. The van der Waals surface area contributed by atoms with Crippen LogP contribution in [0, 0.1) is 27.7 Å². The average Bonchev–Trinajstić information content (AvgIpc) is 3.13. The first-order valence-electron chi connectivity index (χ1n) is 10.1. The first-order chi connectivity index (χ1) is 14.8. The average molecular weight is 412 g/mol. The van der Waals surface area contributed by atoms with E-state index in [1.54, 1.807) is 0 Å². The number of rotatable bonds is 5. The van der Waals surface area contributed by atoms with E-state index in [-0.39, 0.29) is 0 Å². The summed E-state index contributed by atoms with van der Waals surface area (Å²) in [7, 11) is 0. The SMILES string of the molecule is Cc1ccc(C)c(-n2nc(-c3ccccc3)cc2Nc2nc(C)cc(C)c2C(N)=O)c1. The topological polar surface area (TPSA) is 85.8 Å². The molecule has 0 spiro atoms. The molecule has 0 saturated heterocycles. The fraction of sp³-hybridized carbons (Fsp3) is 0.160. The zero-order valence-electron chi connectivity index (χ0n) is 18.1. The Kier molecular flexibility index (Phi) is 5.29. The summed E-state index contributed by atoms with van der Waals surface area (Å²) in [5.41, 5.74) is 12.6. The number of aryl methyl sites for hydroxylation is 4. The van der Waals surface area contributed by atoms with Gasteiger partial charge in [-0.2, -0.15) is 5.10 Å². The van der Waals surface area contributed by atoms with Gasteiger partial charge in [-0.25, -0.2) is 9.67 Å². The highest BCUT2D eigenvalue weighted by Crippen LogP contribution is 2.30. The summed E-state index contributed by atoms with van der Waals surface area (Å²) >= 11 is 0. The molecule has 3 N–H and O–H groups in total. The van der Waals surface area contributed by atoms with Gasteiger partial charge in [0.1, 0.15) is 11.6 Å². The van der Waals surface area contributed by atoms with Crippen molar-refractivity contribution < 1.29 is 4.79 Å². The summed E-state index contributed by atoms with van der Waals surface area (Å²) in [5.74, 6) is 0.609. The second kappa shape index (κ2) is 8.07. The zero-order valence-corrected chi connectivity index (χ0v) is 18.1. The van der Waals surface area contributed by atoms with Crippen molar-refractivity contribution >= 4 is 17.5 Å². The highest BCUT2D eigenvalue weighted by Gasteiger charge is 2.18. The van der Waals surface area contributed by atoms with Crippen LogP contribution >= 0.6 is 0 Å². The number of hydrogen-bond acceptors (Lipinski definition) is 4. The van der Waals surface area contributed by atoms with Gasteiger partial charge >= 0.3 is 0 Å². The maximum atomic E-state index is 12.1. The molecule has 0 aliphatic heterocycles. The van der Waals surface area contributed by atoms with Gasteiger partial charge in [-0.3, -0.25) is 4.79 Å². The van der Waals surface area contributed by atoms with Gasteiger partial charge in [0.05, 0.1) is 16.9 Å². The Morgan fingerprint density at radius 3 is 2.39 bits per heavy atom. The van der Waals surface area contributed by atoms with E-state index < -0.39 is 5.91 Å². The molecule has 0 fully saturated rings. The number of primary amides is 1. The number of benzene rings is 2. The van der Waals surface area contributed by atoms with Crippen molar-refractivity contribution in [1.29, 1.82) is 0 Å². The Bertz CT molecular complexity index is 1270. The predicted molar refractivity (Wildman–Crippen MR) is 124 cm³/mol. The number of anilines is 2. The van der Waals surface area contributed by atoms with Gasteiger partial charge in [0, 0.05) is 17.3 Å². The predicted octanol–water partition coefficient (Wildman–Crippen LogP) is 5.01. The number of pyridine rings is 1. The molecule has 156 valence electrons. The summed E-state index contributed by atoms with van der Waals surface area (Å²) in [5, 5.41) is 8.21. The van der Waals surface area contributed by atoms with E-state index in [1.165, 1.54) is 0 Å². The van der Waals surface area contributed by atoms with Gasteiger partial charge in [-0.15, -0.1) is 0 Å². The summed E-state index contributed by atoms with van der Waals surface area (Å²) in [6.07, 6.45) is 0. The minimum Gasteiger partial charge on any atom is -0.365 e. The van der Waals surface area contributed by atoms with Crippen molar-refractivity contribution in [1.82, 2.24) is 14.8 Å². The number of nitrogens with zero attached hydrogens (tertiary/aromatic N) is 3. The Morgan fingerprint density at radius 2 is 1.68 bits per heavy atom. The molecule has 6 heteroatoms. The van der Waals surface area contributed by atoms with E-state index in [0.29, 0.717) is 17.2 Å². The molecule has 0 radical (unpaired) electrons. The molecule has 0 bridgehead atoms.